The summed E-state index contributed by atoms with van der Waals surface area (Å²) in [6.45, 7) is 0.621. The lowest BCUT2D eigenvalue weighted by Crippen LogP contribution is -1.87. The van der Waals surface area contributed by atoms with Crippen LogP contribution >= 0.6 is 24.0 Å². The number of methoxy groups -OCH3 is 1. The second-order valence-corrected chi connectivity index (χ2v) is 2.64. The van der Waals surface area contributed by atoms with Gasteiger partial charge in [-0.15, -0.1) is 24.0 Å². The molecule has 0 fully saturated rings. The molecule has 1 aromatic carbocycles. The number of nitrogens with zero attached hydrogens (tertiary/aromatic N) is 2. The molecule has 0 saturated carbocycles. The van der Waals surface area contributed by atoms with Gasteiger partial charge in [0, 0.05) is 6.21 Å². The minimum Gasteiger partial charge on any atom is -0.497 e. The van der Waals surface area contributed by atoms with Crippen LogP contribution in [0.25, 0.3) is 0 Å². The van der Waals surface area contributed by atoms with Gasteiger partial charge in [0.2, 0.25) is 0 Å². The maximum absolute atomic E-state index is 5.04. The largest absolute Gasteiger partial charge is 0.497 e. The molecule has 1 aromatic rings. The Morgan fingerprint density at radius 1 is 1.27 bits per heavy atom. The van der Waals surface area contributed by atoms with Crippen molar-refractivity contribution >= 4 is 36.4 Å². The van der Waals surface area contributed by atoms with E-state index in [9.17, 15) is 0 Å². The average Bonchev–Trinajstić information content (AvgIpc) is 2.25. The molecule has 5 heteroatoms. The highest BCUT2D eigenvalue weighted by Crippen LogP contribution is 2.11. The van der Waals surface area contributed by atoms with E-state index in [1.165, 1.54) is 6.21 Å². The summed E-state index contributed by atoms with van der Waals surface area (Å²) in [6.07, 6.45) is 3.02. The van der Waals surface area contributed by atoms with Crippen LogP contribution in [0.15, 0.2) is 34.4 Å². The van der Waals surface area contributed by atoms with Crippen LogP contribution < -0.4 is 10.6 Å². The lowest BCUT2D eigenvalue weighted by Gasteiger charge is -1.99. The summed E-state index contributed by atoms with van der Waals surface area (Å²) in [5.41, 5.74) is 1.12. The van der Waals surface area contributed by atoms with Gasteiger partial charge in [-0.2, -0.15) is 5.10 Å². The number of hydrazone groups is 1. The Morgan fingerprint density at radius 2 is 1.93 bits per heavy atom. The molecule has 82 valence electrons. The fourth-order valence-corrected chi connectivity index (χ4v) is 0.975. The Labute approximate surface area is 106 Å². The number of halogens is 1. The first-order chi connectivity index (χ1) is 6.86. The van der Waals surface area contributed by atoms with Crippen LogP contribution in [0.4, 0.5) is 0 Å². The summed E-state index contributed by atoms with van der Waals surface area (Å²) in [4.78, 5) is 4.09. The van der Waals surface area contributed by atoms with E-state index in [1.54, 1.807) is 13.3 Å². The maximum Gasteiger partial charge on any atom is 0.118 e. The lowest BCUT2D eigenvalue weighted by atomic mass is 10.2. The molecule has 15 heavy (non-hydrogen) atoms. The number of aliphatic imine (C=N–C) groups is 1. The van der Waals surface area contributed by atoms with Crippen molar-refractivity contribution in [3.8, 4) is 5.75 Å². The third-order valence-electron chi connectivity index (χ3n) is 1.69. The fourth-order valence-electron chi connectivity index (χ4n) is 0.975. The van der Waals surface area contributed by atoms with Crippen LogP contribution in [-0.4, -0.2) is 19.5 Å². The molecule has 0 spiro atoms. The van der Waals surface area contributed by atoms with Crippen LogP contribution in [-0.2, 0) is 6.54 Å². The predicted molar refractivity (Wildman–Crippen MR) is 73.3 cm³/mol. The summed E-state index contributed by atoms with van der Waals surface area (Å²) in [5.74, 6) is 5.76. The SMILES string of the molecule is COc1ccc(CN=C/C=N\N)cc1.I. The Hall–Kier alpha value is -1.11. The van der Waals surface area contributed by atoms with E-state index < -0.39 is 0 Å². The van der Waals surface area contributed by atoms with Gasteiger partial charge in [0.05, 0.1) is 19.9 Å². The lowest BCUT2D eigenvalue weighted by molar-refractivity contribution is 0.414. The third-order valence-corrected chi connectivity index (χ3v) is 1.69. The van der Waals surface area contributed by atoms with E-state index in [1.807, 2.05) is 24.3 Å². The second kappa shape index (κ2) is 8.22. The Balaban J connectivity index is 0.00000196. The average molecular weight is 319 g/mol. The van der Waals surface area contributed by atoms with E-state index in [0.29, 0.717) is 6.54 Å². The molecule has 0 aromatic heterocycles. The second-order valence-electron chi connectivity index (χ2n) is 2.64. The normalized spacial score (nSPS) is 10.5. The summed E-state index contributed by atoms with van der Waals surface area (Å²) >= 11 is 0. The van der Waals surface area contributed by atoms with Gasteiger partial charge < -0.3 is 10.6 Å². The summed E-state index contributed by atoms with van der Waals surface area (Å²) < 4.78 is 5.04. The minimum atomic E-state index is 0. The van der Waals surface area contributed by atoms with Gasteiger partial charge in [-0.3, -0.25) is 4.99 Å². The Morgan fingerprint density at radius 3 is 2.47 bits per heavy atom. The van der Waals surface area contributed by atoms with Crippen molar-refractivity contribution in [2.45, 2.75) is 6.54 Å². The molecule has 2 N–H and O–H groups in total. The van der Waals surface area contributed by atoms with Crippen molar-refractivity contribution in [1.29, 1.82) is 0 Å². The van der Waals surface area contributed by atoms with Crippen LogP contribution in [0.5, 0.6) is 5.75 Å². The molecule has 1 rings (SSSR count). The number of rotatable bonds is 4. The number of ether oxygens (including phenoxy) is 1. The van der Waals surface area contributed by atoms with Crippen LogP contribution in [0.3, 0.4) is 0 Å². The molecule has 4 nitrogen and oxygen atoms in total. The van der Waals surface area contributed by atoms with Crippen molar-refractivity contribution in [2.75, 3.05) is 7.11 Å². The molecule has 0 aliphatic rings. The van der Waals surface area contributed by atoms with Gasteiger partial charge in [-0.25, -0.2) is 0 Å². The molecule has 0 aliphatic heterocycles. The van der Waals surface area contributed by atoms with Crippen LogP contribution in [0, 0.1) is 0 Å². The first-order valence-electron chi connectivity index (χ1n) is 4.21. The smallest absolute Gasteiger partial charge is 0.118 e. The zero-order valence-corrected chi connectivity index (χ0v) is 10.8. The molecule has 0 amide bonds. The molecular weight excluding hydrogens is 305 g/mol. The molecule has 0 heterocycles. The van der Waals surface area contributed by atoms with E-state index in [0.717, 1.165) is 11.3 Å². The molecule has 0 unspecified atom stereocenters. The predicted octanol–water partition coefficient (Wildman–Crippen LogP) is 1.83. The quantitative estimate of drug-likeness (QED) is 0.398. The highest BCUT2D eigenvalue weighted by molar-refractivity contribution is 14.0. The van der Waals surface area contributed by atoms with E-state index >= 15 is 0 Å². The Bertz CT molecular complexity index is 322. The van der Waals surface area contributed by atoms with Gasteiger partial charge in [0.25, 0.3) is 0 Å². The van der Waals surface area contributed by atoms with Gasteiger partial charge in [0.15, 0.2) is 0 Å². The monoisotopic (exact) mass is 319 g/mol. The topological polar surface area (TPSA) is 60.0 Å². The van der Waals surface area contributed by atoms with Crippen molar-refractivity contribution in [3.05, 3.63) is 29.8 Å². The molecule has 0 saturated heterocycles. The van der Waals surface area contributed by atoms with Crippen LogP contribution in [0.1, 0.15) is 5.56 Å². The van der Waals surface area contributed by atoms with E-state index in [4.69, 9.17) is 10.6 Å². The summed E-state index contributed by atoms with van der Waals surface area (Å²) in [6, 6.07) is 7.75. The van der Waals surface area contributed by atoms with Crippen LogP contribution in [0.2, 0.25) is 0 Å². The van der Waals surface area contributed by atoms with Gasteiger partial charge in [0.1, 0.15) is 5.75 Å². The van der Waals surface area contributed by atoms with Gasteiger partial charge in [-0.05, 0) is 17.7 Å². The summed E-state index contributed by atoms with van der Waals surface area (Å²) in [7, 11) is 1.64. The number of nitrogens with two attached hydrogens (primary N) is 1. The third kappa shape index (κ3) is 5.36. The van der Waals surface area contributed by atoms with Gasteiger partial charge in [-0.1, -0.05) is 12.1 Å². The van der Waals surface area contributed by atoms with E-state index in [2.05, 4.69) is 10.1 Å². The molecule has 0 atom stereocenters. The number of hydrogen-bond donors (Lipinski definition) is 1. The van der Waals surface area contributed by atoms with Crippen molar-refractivity contribution in [2.24, 2.45) is 15.9 Å². The fraction of sp³-hybridized carbons (Fsp3) is 0.200. The molecular formula is C10H14IN3O. The molecule has 0 bridgehead atoms. The first-order valence-corrected chi connectivity index (χ1v) is 4.21. The molecule has 0 radical (unpaired) electrons. The van der Waals surface area contributed by atoms with Crippen molar-refractivity contribution < 1.29 is 4.74 Å². The number of hydrogen-bond acceptors (Lipinski definition) is 4. The molecule has 0 aliphatic carbocycles. The zero-order chi connectivity index (χ0) is 10.2. The standard InChI is InChI=1S/C10H13N3O.HI/c1-14-10-4-2-9(3-5-10)8-12-6-7-13-11;/h2-7H,8,11H2,1H3;1H/b12-6?,13-7-;. The maximum atomic E-state index is 5.04. The highest BCUT2D eigenvalue weighted by atomic mass is 127. The van der Waals surface area contributed by atoms with Crippen molar-refractivity contribution in [1.82, 2.24) is 0 Å². The van der Waals surface area contributed by atoms with Gasteiger partial charge >= 0.3 is 0 Å². The number of benzene rings is 1. The first kappa shape index (κ1) is 13.9. The Kier molecular flexibility index (Phi) is 7.61. The summed E-state index contributed by atoms with van der Waals surface area (Å²) in [5, 5.41) is 3.30. The van der Waals surface area contributed by atoms with E-state index in [-0.39, 0.29) is 24.0 Å². The zero-order valence-electron chi connectivity index (χ0n) is 8.46. The minimum absolute atomic E-state index is 0. The van der Waals surface area contributed by atoms with Crippen molar-refractivity contribution in [3.63, 3.8) is 0 Å². The highest BCUT2D eigenvalue weighted by Gasteiger charge is 1.91.